The summed E-state index contributed by atoms with van der Waals surface area (Å²) in [6.45, 7) is 6.53. The number of hydrogen-bond donors (Lipinski definition) is 0. The van der Waals surface area contributed by atoms with Crippen molar-refractivity contribution in [2.24, 2.45) is 0 Å². The lowest BCUT2D eigenvalue weighted by molar-refractivity contribution is -0.167. The van der Waals surface area contributed by atoms with E-state index in [0.717, 1.165) is 116 Å². The van der Waals surface area contributed by atoms with E-state index in [1.54, 1.807) is 0 Å². The van der Waals surface area contributed by atoms with E-state index in [2.05, 4.69) is 130 Å². The van der Waals surface area contributed by atoms with Crippen LogP contribution in [0.1, 0.15) is 342 Å². The van der Waals surface area contributed by atoms with Crippen molar-refractivity contribution in [3.8, 4) is 0 Å². The molecule has 0 spiro atoms. The fraction of sp³-hybridized carbons (Fsp3) is 0.727. The first-order valence-corrected chi connectivity index (χ1v) is 35.4. The van der Waals surface area contributed by atoms with Crippen molar-refractivity contribution in [2.75, 3.05) is 13.2 Å². The van der Waals surface area contributed by atoms with Gasteiger partial charge in [-0.15, -0.1) is 0 Å². The van der Waals surface area contributed by atoms with Gasteiger partial charge in [0.1, 0.15) is 13.2 Å². The Bertz CT molecular complexity index is 1660. The molecule has 6 heteroatoms. The molecule has 0 saturated heterocycles. The largest absolute Gasteiger partial charge is 0.462 e. The van der Waals surface area contributed by atoms with Crippen LogP contribution >= 0.6 is 0 Å². The number of carbonyl (C=O) groups is 3. The van der Waals surface area contributed by atoms with Crippen molar-refractivity contribution < 1.29 is 28.6 Å². The second-order valence-corrected chi connectivity index (χ2v) is 23.4. The molecule has 0 aliphatic rings. The fourth-order valence-corrected chi connectivity index (χ4v) is 9.94. The summed E-state index contributed by atoms with van der Waals surface area (Å²) in [5.74, 6) is -0.892. The summed E-state index contributed by atoms with van der Waals surface area (Å²) in [6, 6.07) is 0. The zero-order chi connectivity index (χ0) is 59.9. The van der Waals surface area contributed by atoms with Crippen molar-refractivity contribution in [1.82, 2.24) is 0 Å². The van der Waals surface area contributed by atoms with Gasteiger partial charge in [-0.2, -0.15) is 0 Å². The predicted octanol–water partition coefficient (Wildman–Crippen LogP) is 24.6. The third-order valence-electron chi connectivity index (χ3n) is 15.2. The van der Waals surface area contributed by atoms with Gasteiger partial charge in [0.05, 0.1) is 0 Å². The van der Waals surface area contributed by atoms with Gasteiger partial charge in [-0.1, -0.05) is 304 Å². The Morgan fingerprint density at radius 2 is 0.470 bits per heavy atom. The third kappa shape index (κ3) is 68.7. The highest BCUT2D eigenvalue weighted by Crippen LogP contribution is 2.17. The minimum atomic E-state index is -0.789. The second kappa shape index (κ2) is 70.6. The number of rotatable bonds is 64. The minimum absolute atomic E-state index is 0.0850. The Morgan fingerprint density at radius 3 is 0.759 bits per heavy atom. The van der Waals surface area contributed by atoms with Gasteiger partial charge in [0, 0.05) is 19.3 Å². The summed E-state index contributed by atoms with van der Waals surface area (Å²) < 4.78 is 17.0. The van der Waals surface area contributed by atoms with Crippen LogP contribution in [0.25, 0.3) is 0 Å². The zero-order valence-corrected chi connectivity index (χ0v) is 54.7. The number of hydrogen-bond acceptors (Lipinski definition) is 6. The van der Waals surface area contributed by atoms with E-state index in [1.165, 1.54) is 186 Å². The maximum Gasteiger partial charge on any atom is 0.306 e. The molecule has 0 aromatic heterocycles. The van der Waals surface area contributed by atoms with Gasteiger partial charge in [-0.25, -0.2) is 0 Å². The monoisotopic (exact) mass is 1150 g/mol. The van der Waals surface area contributed by atoms with Crippen molar-refractivity contribution in [2.45, 2.75) is 348 Å². The fourth-order valence-electron chi connectivity index (χ4n) is 9.94. The normalized spacial score (nSPS) is 12.8. The number of ether oxygens (including phenoxy) is 3. The second-order valence-electron chi connectivity index (χ2n) is 23.4. The summed E-state index contributed by atoms with van der Waals surface area (Å²) in [5, 5.41) is 0. The van der Waals surface area contributed by atoms with Crippen LogP contribution in [0.4, 0.5) is 0 Å². The molecule has 476 valence electrons. The van der Waals surface area contributed by atoms with Gasteiger partial charge in [0.2, 0.25) is 0 Å². The molecule has 1 unspecified atom stereocenters. The maximum atomic E-state index is 13.0. The maximum absolute atomic E-state index is 13.0. The van der Waals surface area contributed by atoms with Crippen LogP contribution in [0.3, 0.4) is 0 Å². The number of esters is 3. The van der Waals surface area contributed by atoms with E-state index < -0.39 is 6.10 Å². The molecule has 0 aliphatic carbocycles. The molecule has 0 fully saturated rings. The summed E-state index contributed by atoms with van der Waals surface area (Å²) >= 11 is 0. The molecular weight excluding hydrogens is 1020 g/mol. The van der Waals surface area contributed by atoms with Crippen LogP contribution in [0.5, 0.6) is 0 Å². The summed E-state index contributed by atoms with van der Waals surface area (Å²) in [7, 11) is 0. The lowest BCUT2D eigenvalue weighted by Crippen LogP contribution is -2.30. The number of carbonyl (C=O) groups excluding carboxylic acids is 3. The lowest BCUT2D eigenvalue weighted by atomic mass is 10.0. The predicted molar refractivity (Wildman–Crippen MR) is 362 cm³/mol. The molecule has 0 aromatic rings. The average molecular weight is 1150 g/mol. The molecule has 6 nitrogen and oxygen atoms in total. The van der Waals surface area contributed by atoms with Gasteiger partial charge in [-0.05, 0) is 128 Å². The van der Waals surface area contributed by atoms with Gasteiger partial charge in [0.15, 0.2) is 6.10 Å². The summed E-state index contributed by atoms with van der Waals surface area (Å²) in [6.07, 6.45) is 96.8. The number of allylic oxidation sites excluding steroid dienone is 18. The smallest absolute Gasteiger partial charge is 0.306 e. The van der Waals surface area contributed by atoms with Crippen molar-refractivity contribution >= 4 is 17.9 Å². The van der Waals surface area contributed by atoms with Crippen molar-refractivity contribution in [3.05, 3.63) is 109 Å². The van der Waals surface area contributed by atoms with Crippen molar-refractivity contribution in [3.63, 3.8) is 0 Å². The molecule has 0 heterocycles. The molecule has 83 heavy (non-hydrogen) atoms. The van der Waals surface area contributed by atoms with Gasteiger partial charge in [0.25, 0.3) is 0 Å². The molecule has 0 aromatic carbocycles. The van der Waals surface area contributed by atoms with E-state index in [-0.39, 0.29) is 31.1 Å². The van der Waals surface area contributed by atoms with E-state index in [0.29, 0.717) is 19.3 Å². The van der Waals surface area contributed by atoms with Crippen LogP contribution in [0.2, 0.25) is 0 Å². The zero-order valence-electron chi connectivity index (χ0n) is 54.7. The minimum Gasteiger partial charge on any atom is -0.462 e. The average Bonchev–Trinajstić information content (AvgIpc) is 3.49. The van der Waals surface area contributed by atoms with Crippen molar-refractivity contribution in [1.29, 1.82) is 0 Å². The molecular formula is C77H132O6. The van der Waals surface area contributed by atoms with Crippen LogP contribution in [0, 0.1) is 0 Å². The first-order valence-electron chi connectivity index (χ1n) is 35.4. The van der Waals surface area contributed by atoms with Gasteiger partial charge in [-0.3, -0.25) is 14.4 Å². The molecule has 0 bridgehead atoms. The summed E-state index contributed by atoms with van der Waals surface area (Å²) in [5.41, 5.74) is 0. The first-order chi connectivity index (χ1) is 41.0. The topological polar surface area (TPSA) is 78.9 Å². The quantitative estimate of drug-likeness (QED) is 0.0261. The van der Waals surface area contributed by atoms with Gasteiger partial charge < -0.3 is 14.2 Å². The third-order valence-corrected chi connectivity index (χ3v) is 15.2. The Hall–Kier alpha value is -3.93. The van der Waals surface area contributed by atoms with E-state index in [1.807, 2.05) is 0 Å². The van der Waals surface area contributed by atoms with Gasteiger partial charge >= 0.3 is 17.9 Å². The van der Waals surface area contributed by atoms with E-state index >= 15 is 0 Å². The highest BCUT2D eigenvalue weighted by molar-refractivity contribution is 5.71. The molecule has 1 atom stereocenters. The molecule has 0 saturated carbocycles. The SMILES string of the molecule is CC/C=C\C/C=C\C/C=C\C/C=C\C/C=C\C/C=C\C/C=C\CCCCCCCCCC(=O)OCC(COC(=O)CCCCCCC/C=C\CCCCCC)OC(=O)CCCCCCCCCCCCC/C=C\CCCCCCCCCC. The highest BCUT2D eigenvalue weighted by Gasteiger charge is 2.19. The number of unbranched alkanes of at least 4 members (excludes halogenated alkanes) is 35. The first kappa shape index (κ1) is 79.1. The van der Waals surface area contributed by atoms with Crippen LogP contribution in [0.15, 0.2) is 109 Å². The summed E-state index contributed by atoms with van der Waals surface area (Å²) in [4.78, 5) is 38.4. The standard InChI is InChI=1S/C77H132O6/c1-4-7-10-13-16-19-22-25-27-29-31-33-35-36-37-38-39-40-42-43-45-47-49-52-55-58-61-64-67-70-76(79)82-73-74(72-81-75(78)69-66-63-60-57-54-51-24-21-18-15-12-9-6-3)83-77(80)71-68-65-62-59-56-53-50-48-46-44-41-34-32-30-28-26-23-20-17-14-11-8-5-2/h7,10,16,19,21,24-25,27,30-33,36-37,39-40,43,45,74H,4-6,8-9,11-15,17-18,20,22-23,26,28-29,34-35,38,41-42,44,46-73H2,1-3H3/b10-7-,19-16-,24-21-,27-25-,32-30-,33-31-,37-36-,40-39-,45-43-. The van der Waals surface area contributed by atoms with E-state index in [4.69, 9.17) is 14.2 Å². The Balaban J connectivity index is 4.32. The lowest BCUT2D eigenvalue weighted by Gasteiger charge is -2.18. The van der Waals surface area contributed by atoms with Crippen LogP contribution < -0.4 is 0 Å². The molecule has 0 radical (unpaired) electrons. The Labute approximate surface area is 514 Å². The molecule has 0 rings (SSSR count). The highest BCUT2D eigenvalue weighted by atomic mass is 16.6. The molecule has 0 N–H and O–H groups in total. The van der Waals surface area contributed by atoms with Crippen LogP contribution in [-0.4, -0.2) is 37.2 Å². The molecule has 0 amide bonds. The molecule has 0 aliphatic heterocycles. The van der Waals surface area contributed by atoms with Crippen LogP contribution in [-0.2, 0) is 28.6 Å². The Morgan fingerprint density at radius 1 is 0.253 bits per heavy atom. The van der Waals surface area contributed by atoms with E-state index in [9.17, 15) is 14.4 Å². The Kier molecular flexibility index (Phi) is 67.2.